The van der Waals surface area contributed by atoms with E-state index in [4.69, 9.17) is 5.73 Å². The molecule has 0 unspecified atom stereocenters. The minimum atomic E-state index is -0.809. The second-order valence-corrected chi connectivity index (χ2v) is 8.37. The van der Waals surface area contributed by atoms with Gasteiger partial charge in [0.1, 0.15) is 5.69 Å². The van der Waals surface area contributed by atoms with Crippen molar-refractivity contribution in [2.45, 2.75) is 57.6 Å². The van der Waals surface area contributed by atoms with E-state index in [1.54, 1.807) is 24.8 Å². The van der Waals surface area contributed by atoms with Crippen LogP contribution in [0.1, 0.15) is 55.2 Å². The van der Waals surface area contributed by atoms with E-state index in [1.165, 1.54) is 0 Å². The molecule has 2 aliphatic heterocycles. The summed E-state index contributed by atoms with van der Waals surface area (Å²) < 4.78 is 0. The Bertz CT molecular complexity index is 729. The minimum absolute atomic E-state index is 0.0104. The number of β-amino-alcohol motifs (C(OH)–C–C–N with tert-alkyl or cyclic N) is 1. The van der Waals surface area contributed by atoms with Crippen molar-refractivity contribution in [3.05, 3.63) is 17.5 Å². The summed E-state index contributed by atoms with van der Waals surface area (Å²) in [6.07, 6.45) is 3.73. The molecule has 1 aromatic rings. The highest BCUT2D eigenvalue weighted by Crippen LogP contribution is 2.26. The third-order valence-corrected chi connectivity index (χ3v) is 5.81. The van der Waals surface area contributed by atoms with Gasteiger partial charge < -0.3 is 26.0 Å². The normalized spacial score (nSPS) is 24.2. The highest BCUT2D eigenvalue weighted by atomic mass is 16.3. The van der Waals surface area contributed by atoms with Gasteiger partial charge in [0, 0.05) is 51.4 Å². The third-order valence-electron chi connectivity index (χ3n) is 5.81. The summed E-state index contributed by atoms with van der Waals surface area (Å²) in [5.41, 5.74) is 5.84. The van der Waals surface area contributed by atoms with Gasteiger partial charge in [0.25, 0.3) is 5.91 Å². The Labute approximate surface area is 171 Å². The third kappa shape index (κ3) is 5.86. The number of carbonyl (C=O) groups excluding carboxylic acids is 2. The van der Waals surface area contributed by atoms with Gasteiger partial charge in [0.15, 0.2) is 0 Å². The molecular formula is C20H32N6O3. The number of nitrogens with zero attached hydrogens (tertiary/aromatic N) is 4. The lowest BCUT2D eigenvalue weighted by Gasteiger charge is -2.38. The minimum Gasteiger partial charge on any atom is -0.388 e. The van der Waals surface area contributed by atoms with E-state index in [-0.39, 0.29) is 23.8 Å². The van der Waals surface area contributed by atoms with Crippen LogP contribution in [0, 0.1) is 6.92 Å². The van der Waals surface area contributed by atoms with Gasteiger partial charge in [-0.1, -0.05) is 0 Å². The lowest BCUT2D eigenvalue weighted by molar-refractivity contribution is -0.120. The van der Waals surface area contributed by atoms with Crippen LogP contribution in [0.2, 0.25) is 0 Å². The second kappa shape index (κ2) is 9.04. The molecule has 3 rings (SSSR count). The summed E-state index contributed by atoms with van der Waals surface area (Å²) in [6, 6.07) is 1.87. The number of likely N-dealkylation sites (tertiary alicyclic amines) is 2. The van der Waals surface area contributed by atoms with Gasteiger partial charge >= 0.3 is 0 Å². The fourth-order valence-corrected chi connectivity index (χ4v) is 4.34. The first-order valence-electron chi connectivity index (χ1n) is 10.4. The van der Waals surface area contributed by atoms with Crippen LogP contribution in [0.4, 0.5) is 5.95 Å². The number of nitrogens with two attached hydrogens (primary N) is 1. The Kier molecular flexibility index (Phi) is 6.69. The number of rotatable bonds is 4. The zero-order valence-corrected chi connectivity index (χ0v) is 17.4. The van der Waals surface area contributed by atoms with Crippen LogP contribution < -0.4 is 11.1 Å². The molecule has 29 heavy (non-hydrogen) atoms. The molecule has 9 heteroatoms. The fourth-order valence-electron chi connectivity index (χ4n) is 4.34. The number of hydrogen-bond acceptors (Lipinski definition) is 7. The monoisotopic (exact) mass is 404 g/mol. The zero-order valence-electron chi connectivity index (χ0n) is 17.4. The summed E-state index contributed by atoms with van der Waals surface area (Å²) >= 11 is 0. The molecule has 0 aromatic carbocycles. The van der Waals surface area contributed by atoms with E-state index in [1.807, 2.05) is 0 Å². The Hall–Kier alpha value is -2.26. The molecule has 0 radical (unpaired) electrons. The van der Waals surface area contributed by atoms with Crippen molar-refractivity contribution in [2.75, 3.05) is 38.5 Å². The fraction of sp³-hybridized carbons (Fsp3) is 0.700. The lowest BCUT2D eigenvalue weighted by Crippen LogP contribution is -2.50. The lowest BCUT2D eigenvalue weighted by atomic mass is 9.93. The van der Waals surface area contributed by atoms with Crippen molar-refractivity contribution in [1.29, 1.82) is 0 Å². The van der Waals surface area contributed by atoms with E-state index < -0.39 is 5.60 Å². The SMILES string of the molecule is CC(=O)NC1CCN(C[C@]2(O)CCCN(C(=O)c3cc(C)nc(N)n3)CC2)CC1. The van der Waals surface area contributed by atoms with Crippen LogP contribution >= 0.6 is 0 Å². The molecule has 2 amide bonds. The van der Waals surface area contributed by atoms with Crippen molar-refractivity contribution in [1.82, 2.24) is 25.1 Å². The quantitative estimate of drug-likeness (QED) is 0.660. The summed E-state index contributed by atoms with van der Waals surface area (Å²) in [5.74, 6) is -0.0545. The van der Waals surface area contributed by atoms with Gasteiger partial charge in [-0.05, 0) is 45.1 Å². The molecule has 9 nitrogen and oxygen atoms in total. The van der Waals surface area contributed by atoms with Crippen LogP contribution in [0.15, 0.2) is 6.07 Å². The molecule has 1 atom stereocenters. The smallest absolute Gasteiger partial charge is 0.272 e. The van der Waals surface area contributed by atoms with Crippen molar-refractivity contribution in [3.8, 4) is 0 Å². The number of hydrogen-bond donors (Lipinski definition) is 3. The molecule has 0 aliphatic carbocycles. The van der Waals surface area contributed by atoms with Crippen LogP contribution in [0.5, 0.6) is 0 Å². The van der Waals surface area contributed by atoms with Crippen LogP contribution in [-0.2, 0) is 4.79 Å². The van der Waals surface area contributed by atoms with Gasteiger partial charge in [-0.3, -0.25) is 9.59 Å². The summed E-state index contributed by atoms with van der Waals surface area (Å²) in [7, 11) is 0. The molecule has 0 spiro atoms. The standard InChI is InChI=1S/C20H32N6O3/c1-14-12-17(24-19(21)22-14)18(28)26-8-3-6-20(29,7-11-26)13-25-9-4-16(5-10-25)23-15(2)27/h12,16,29H,3-11,13H2,1-2H3,(H,23,27)(H2,21,22,24)/t20-/m0/s1. The Morgan fingerprint density at radius 3 is 2.62 bits per heavy atom. The number of amides is 2. The highest BCUT2D eigenvalue weighted by molar-refractivity contribution is 5.92. The predicted molar refractivity (Wildman–Crippen MR) is 109 cm³/mol. The molecule has 160 valence electrons. The van der Waals surface area contributed by atoms with Gasteiger partial charge in [0.05, 0.1) is 5.60 Å². The molecule has 1 aromatic heterocycles. The van der Waals surface area contributed by atoms with Gasteiger partial charge in [-0.25, -0.2) is 9.97 Å². The van der Waals surface area contributed by atoms with Crippen LogP contribution in [0.3, 0.4) is 0 Å². The first-order chi connectivity index (χ1) is 13.7. The highest BCUT2D eigenvalue weighted by Gasteiger charge is 2.35. The molecule has 2 aliphatic rings. The molecule has 0 saturated carbocycles. The van der Waals surface area contributed by atoms with Gasteiger partial charge in [-0.15, -0.1) is 0 Å². The van der Waals surface area contributed by atoms with Crippen molar-refractivity contribution in [2.24, 2.45) is 0 Å². The number of carbonyl (C=O) groups is 2. The maximum absolute atomic E-state index is 12.8. The largest absolute Gasteiger partial charge is 0.388 e. The summed E-state index contributed by atoms with van der Waals surface area (Å²) in [4.78, 5) is 36.2. The number of piperidine rings is 1. The maximum Gasteiger partial charge on any atom is 0.272 e. The van der Waals surface area contributed by atoms with Gasteiger partial charge in [0.2, 0.25) is 11.9 Å². The molecule has 2 fully saturated rings. The summed E-state index contributed by atoms with van der Waals surface area (Å²) in [6.45, 7) is 6.72. The van der Waals surface area contributed by atoms with Gasteiger partial charge in [-0.2, -0.15) is 0 Å². The average Bonchev–Trinajstić information content (AvgIpc) is 2.83. The molecule has 4 N–H and O–H groups in total. The Balaban J connectivity index is 1.55. The number of anilines is 1. The molecular weight excluding hydrogens is 372 g/mol. The molecule has 3 heterocycles. The van der Waals surface area contributed by atoms with E-state index in [0.29, 0.717) is 43.9 Å². The number of nitrogens with one attached hydrogen (secondary N) is 1. The van der Waals surface area contributed by atoms with Crippen molar-refractivity contribution >= 4 is 17.8 Å². The number of aryl methyl sites for hydroxylation is 1. The molecule has 2 saturated heterocycles. The molecule has 0 bridgehead atoms. The Morgan fingerprint density at radius 2 is 1.97 bits per heavy atom. The maximum atomic E-state index is 12.8. The van der Waals surface area contributed by atoms with Crippen molar-refractivity contribution in [3.63, 3.8) is 0 Å². The summed E-state index contributed by atoms with van der Waals surface area (Å²) in [5, 5.41) is 14.2. The Morgan fingerprint density at radius 1 is 1.24 bits per heavy atom. The number of nitrogen functional groups attached to an aromatic ring is 1. The topological polar surface area (TPSA) is 125 Å². The number of aromatic nitrogens is 2. The first-order valence-corrected chi connectivity index (χ1v) is 10.4. The van der Waals surface area contributed by atoms with E-state index in [0.717, 1.165) is 32.4 Å². The van der Waals surface area contributed by atoms with E-state index >= 15 is 0 Å². The van der Waals surface area contributed by atoms with Crippen LogP contribution in [0.25, 0.3) is 0 Å². The predicted octanol–water partition coefficient (Wildman–Crippen LogP) is 0.325. The zero-order chi connectivity index (χ0) is 21.0. The van der Waals surface area contributed by atoms with Crippen LogP contribution in [-0.4, -0.2) is 81.1 Å². The van der Waals surface area contributed by atoms with Crippen molar-refractivity contribution < 1.29 is 14.7 Å². The number of aliphatic hydroxyl groups is 1. The first kappa shape index (κ1) is 21.4. The van der Waals surface area contributed by atoms with E-state index in [9.17, 15) is 14.7 Å². The average molecular weight is 405 g/mol. The second-order valence-electron chi connectivity index (χ2n) is 8.37. The van der Waals surface area contributed by atoms with E-state index in [2.05, 4.69) is 20.2 Å².